The molecule has 2 aromatic carbocycles. The molecule has 0 aliphatic heterocycles. The van der Waals surface area contributed by atoms with Gasteiger partial charge in [0.1, 0.15) is 5.02 Å². The summed E-state index contributed by atoms with van der Waals surface area (Å²) in [6, 6.07) is 10.5. The molecule has 0 N–H and O–H groups in total. The van der Waals surface area contributed by atoms with E-state index in [1.54, 1.807) is 26.4 Å². The van der Waals surface area contributed by atoms with E-state index in [-0.39, 0.29) is 5.82 Å². The predicted octanol–water partition coefficient (Wildman–Crippen LogP) is 4.54. The first-order valence-corrected chi connectivity index (χ1v) is 7.88. The second-order valence-electron chi connectivity index (χ2n) is 5.57. The Labute approximate surface area is 145 Å². The van der Waals surface area contributed by atoms with Crippen LogP contribution in [0.3, 0.4) is 0 Å². The SMILES string of the molecule is COc1cc2cc(C)[n+](-c3c(F)cccc3Cl)c(C)c2cc1OC. The first-order chi connectivity index (χ1) is 11.5. The minimum atomic E-state index is -0.362. The van der Waals surface area contributed by atoms with Crippen LogP contribution in [0.25, 0.3) is 16.5 Å². The minimum Gasteiger partial charge on any atom is -0.493 e. The molecule has 0 atom stereocenters. The fourth-order valence-electron chi connectivity index (χ4n) is 3.05. The van der Waals surface area contributed by atoms with Crippen molar-refractivity contribution in [2.45, 2.75) is 13.8 Å². The highest BCUT2D eigenvalue weighted by Crippen LogP contribution is 2.33. The van der Waals surface area contributed by atoms with Crippen LogP contribution < -0.4 is 14.0 Å². The lowest BCUT2D eigenvalue weighted by Crippen LogP contribution is -2.39. The summed E-state index contributed by atoms with van der Waals surface area (Å²) in [5.41, 5.74) is 2.10. The molecule has 1 heterocycles. The van der Waals surface area contributed by atoms with Gasteiger partial charge in [0.05, 0.1) is 19.6 Å². The van der Waals surface area contributed by atoms with Gasteiger partial charge in [-0.3, -0.25) is 0 Å². The van der Waals surface area contributed by atoms with Crippen molar-refractivity contribution in [2.24, 2.45) is 0 Å². The van der Waals surface area contributed by atoms with Crippen LogP contribution in [0.4, 0.5) is 4.39 Å². The van der Waals surface area contributed by atoms with Gasteiger partial charge in [-0.2, -0.15) is 8.96 Å². The molecule has 24 heavy (non-hydrogen) atoms. The summed E-state index contributed by atoms with van der Waals surface area (Å²) >= 11 is 6.26. The highest BCUT2D eigenvalue weighted by atomic mass is 35.5. The van der Waals surface area contributed by atoms with E-state index in [9.17, 15) is 4.39 Å². The number of aryl methyl sites for hydroxylation is 2. The largest absolute Gasteiger partial charge is 0.493 e. The van der Waals surface area contributed by atoms with Crippen LogP contribution in [-0.4, -0.2) is 14.2 Å². The zero-order chi connectivity index (χ0) is 17.4. The first kappa shape index (κ1) is 16.5. The van der Waals surface area contributed by atoms with Gasteiger partial charge >= 0.3 is 0 Å². The van der Waals surface area contributed by atoms with Crippen molar-refractivity contribution >= 4 is 22.4 Å². The van der Waals surface area contributed by atoms with Gasteiger partial charge < -0.3 is 9.47 Å². The summed E-state index contributed by atoms with van der Waals surface area (Å²) < 4.78 is 27.0. The number of benzene rings is 2. The lowest BCUT2D eigenvalue weighted by molar-refractivity contribution is -0.609. The number of aromatic nitrogens is 1. The fraction of sp³-hybridized carbons (Fsp3) is 0.211. The van der Waals surface area contributed by atoms with Gasteiger partial charge in [-0.05, 0) is 29.7 Å². The number of pyridine rings is 1. The maximum absolute atomic E-state index is 14.4. The number of nitrogens with zero attached hydrogens (tertiary/aromatic N) is 1. The van der Waals surface area contributed by atoms with Crippen LogP contribution in [0, 0.1) is 19.7 Å². The number of para-hydroxylation sites is 1. The topological polar surface area (TPSA) is 22.3 Å². The molecule has 3 aromatic rings. The lowest BCUT2D eigenvalue weighted by atomic mass is 10.1. The van der Waals surface area contributed by atoms with E-state index in [2.05, 4.69) is 0 Å². The fourth-order valence-corrected chi connectivity index (χ4v) is 3.30. The van der Waals surface area contributed by atoms with Crippen molar-refractivity contribution in [1.29, 1.82) is 0 Å². The van der Waals surface area contributed by atoms with Crippen LogP contribution in [0.5, 0.6) is 11.5 Å². The molecule has 0 fully saturated rings. The Bertz CT molecular complexity index is 920. The third-order valence-electron chi connectivity index (χ3n) is 4.16. The number of halogens is 2. The van der Waals surface area contributed by atoms with Gasteiger partial charge in [-0.1, -0.05) is 17.7 Å². The summed E-state index contributed by atoms with van der Waals surface area (Å²) in [5.74, 6) is 0.923. The van der Waals surface area contributed by atoms with E-state index in [0.29, 0.717) is 22.2 Å². The smallest absolute Gasteiger partial charge is 0.265 e. The Kier molecular flexibility index (Phi) is 4.33. The van der Waals surface area contributed by atoms with Gasteiger partial charge in [0, 0.05) is 19.9 Å². The number of hydrogen-bond acceptors (Lipinski definition) is 2. The monoisotopic (exact) mass is 346 g/mol. The highest BCUT2D eigenvalue weighted by molar-refractivity contribution is 6.32. The van der Waals surface area contributed by atoms with Crippen molar-refractivity contribution in [3.05, 3.63) is 58.6 Å². The second-order valence-corrected chi connectivity index (χ2v) is 5.98. The third-order valence-corrected chi connectivity index (χ3v) is 4.46. The first-order valence-electron chi connectivity index (χ1n) is 7.50. The Hall–Kier alpha value is -2.33. The van der Waals surface area contributed by atoms with Gasteiger partial charge in [0.25, 0.3) is 5.69 Å². The molecule has 3 nitrogen and oxygen atoms in total. The Balaban J connectivity index is 2.39. The van der Waals surface area contributed by atoms with Gasteiger partial charge in [0.2, 0.25) is 0 Å². The zero-order valence-corrected chi connectivity index (χ0v) is 14.7. The van der Waals surface area contributed by atoms with Crippen LogP contribution in [0.1, 0.15) is 11.4 Å². The summed E-state index contributed by atoms with van der Waals surface area (Å²) in [5, 5.41) is 2.30. The average molecular weight is 347 g/mol. The Morgan fingerprint density at radius 1 is 1.00 bits per heavy atom. The van der Waals surface area contributed by atoms with E-state index >= 15 is 0 Å². The molecule has 0 saturated heterocycles. The molecule has 124 valence electrons. The lowest BCUT2D eigenvalue weighted by Gasteiger charge is -2.12. The van der Waals surface area contributed by atoms with Gasteiger partial charge in [0.15, 0.2) is 28.7 Å². The maximum atomic E-state index is 14.4. The van der Waals surface area contributed by atoms with Gasteiger partial charge in [-0.15, -0.1) is 0 Å². The normalized spacial score (nSPS) is 10.9. The van der Waals surface area contributed by atoms with Crippen LogP contribution >= 0.6 is 11.6 Å². The zero-order valence-electron chi connectivity index (χ0n) is 14.0. The second kappa shape index (κ2) is 6.29. The summed E-state index contributed by atoms with van der Waals surface area (Å²) in [6.07, 6.45) is 0. The molecule has 5 heteroatoms. The number of fused-ring (bicyclic) bond motifs is 1. The molecule has 1 aromatic heterocycles. The van der Waals surface area contributed by atoms with E-state index in [0.717, 1.165) is 22.2 Å². The third kappa shape index (κ3) is 2.57. The number of hydrogen-bond donors (Lipinski definition) is 0. The van der Waals surface area contributed by atoms with E-state index in [1.807, 2.05) is 36.6 Å². The predicted molar refractivity (Wildman–Crippen MR) is 93.0 cm³/mol. The van der Waals surface area contributed by atoms with Crippen LogP contribution in [0.2, 0.25) is 5.02 Å². The van der Waals surface area contributed by atoms with Crippen molar-refractivity contribution < 1.29 is 18.4 Å². The van der Waals surface area contributed by atoms with Crippen molar-refractivity contribution in [3.8, 4) is 17.2 Å². The molecule has 0 aliphatic rings. The van der Waals surface area contributed by atoms with E-state index in [4.69, 9.17) is 21.1 Å². The molecule has 0 radical (unpaired) electrons. The minimum absolute atomic E-state index is 0.353. The molecule has 3 rings (SSSR count). The van der Waals surface area contributed by atoms with Crippen LogP contribution in [-0.2, 0) is 0 Å². The molecule has 0 bridgehead atoms. The standard InChI is InChI=1S/C19H18ClFNO2/c1-11-8-13-9-17(23-3)18(24-4)10-14(13)12(2)22(11)19-15(20)6-5-7-16(19)21/h5-10H,1-4H3/q+1. The van der Waals surface area contributed by atoms with E-state index in [1.165, 1.54) is 6.07 Å². The average Bonchev–Trinajstić information content (AvgIpc) is 2.56. The Morgan fingerprint density at radius 3 is 2.29 bits per heavy atom. The molecule has 0 aliphatic carbocycles. The summed E-state index contributed by atoms with van der Waals surface area (Å²) in [6.45, 7) is 3.86. The molecule has 0 unspecified atom stereocenters. The molecule has 0 amide bonds. The summed E-state index contributed by atoms with van der Waals surface area (Å²) in [7, 11) is 3.20. The highest BCUT2D eigenvalue weighted by Gasteiger charge is 2.25. The van der Waals surface area contributed by atoms with E-state index < -0.39 is 0 Å². The Morgan fingerprint density at radius 2 is 1.67 bits per heavy atom. The van der Waals surface area contributed by atoms with Crippen molar-refractivity contribution in [2.75, 3.05) is 14.2 Å². The van der Waals surface area contributed by atoms with Crippen LogP contribution in [0.15, 0.2) is 36.4 Å². The molecular formula is C19H18ClFNO2+. The number of methoxy groups -OCH3 is 2. The number of rotatable bonds is 3. The molecular weight excluding hydrogens is 329 g/mol. The van der Waals surface area contributed by atoms with Crippen molar-refractivity contribution in [1.82, 2.24) is 0 Å². The summed E-state index contributed by atoms with van der Waals surface area (Å²) in [4.78, 5) is 0. The van der Waals surface area contributed by atoms with Gasteiger partial charge in [-0.25, -0.2) is 0 Å². The molecule has 0 saturated carbocycles. The van der Waals surface area contributed by atoms with Crippen molar-refractivity contribution in [3.63, 3.8) is 0 Å². The number of ether oxygens (including phenoxy) is 2. The maximum Gasteiger partial charge on any atom is 0.265 e. The molecule has 0 spiro atoms. The quantitative estimate of drug-likeness (QED) is 0.649.